The first-order valence-electron chi connectivity index (χ1n) is 11.0. The van der Waals surface area contributed by atoms with Crippen LogP contribution in [0.4, 0.5) is 5.69 Å². The molecule has 1 aliphatic heterocycles. The van der Waals surface area contributed by atoms with Gasteiger partial charge in [-0.1, -0.05) is 41.9 Å². The molecule has 4 aromatic rings. The molecule has 0 saturated carbocycles. The number of anilines is 1. The molecule has 5 rings (SSSR count). The Bertz CT molecular complexity index is 1260. The minimum absolute atomic E-state index is 0.0607. The van der Waals surface area contributed by atoms with Crippen LogP contribution in [-0.2, 0) is 11.3 Å². The van der Waals surface area contributed by atoms with Crippen molar-refractivity contribution in [3.8, 4) is 5.75 Å². The standard InChI is InChI=1S/C26H24ClN3O3/c27-19-10-12-22(13-11-19)33-17-21(31)16-30-24-9-5-4-8-23(24)28-26(30)18-14-25(32)29(15-18)20-6-2-1-3-7-20/h1-13,18,21,31H,14-17H2/t18-,21-/m1/s1. The van der Waals surface area contributed by atoms with Crippen LogP contribution in [0.15, 0.2) is 78.9 Å². The van der Waals surface area contributed by atoms with Gasteiger partial charge < -0.3 is 19.3 Å². The molecule has 1 aliphatic rings. The Morgan fingerprint density at radius 1 is 1.03 bits per heavy atom. The molecule has 2 atom stereocenters. The molecular formula is C26H24ClN3O3. The molecule has 0 unspecified atom stereocenters. The largest absolute Gasteiger partial charge is 0.491 e. The number of aromatic nitrogens is 2. The number of aliphatic hydroxyl groups is 1. The summed E-state index contributed by atoms with van der Waals surface area (Å²) in [7, 11) is 0. The summed E-state index contributed by atoms with van der Waals surface area (Å²) in [4.78, 5) is 19.5. The van der Waals surface area contributed by atoms with E-state index in [1.165, 1.54) is 0 Å². The summed E-state index contributed by atoms with van der Waals surface area (Å²) in [5.41, 5.74) is 2.68. The average Bonchev–Trinajstić information content (AvgIpc) is 3.40. The predicted molar refractivity (Wildman–Crippen MR) is 129 cm³/mol. The number of fused-ring (bicyclic) bond motifs is 1. The molecule has 3 aromatic carbocycles. The van der Waals surface area contributed by atoms with Gasteiger partial charge >= 0.3 is 0 Å². The minimum atomic E-state index is -0.751. The van der Waals surface area contributed by atoms with Crippen molar-refractivity contribution in [3.05, 3.63) is 89.7 Å². The fourth-order valence-electron chi connectivity index (χ4n) is 4.32. The Morgan fingerprint density at radius 3 is 2.55 bits per heavy atom. The van der Waals surface area contributed by atoms with E-state index >= 15 is 0 Å². The van der Waals surface area contributed by atoms with Gasteiger partial charge in [0.1, 0.15) is 24.3 Å². The first kappa shape index (κ1) is 21.5. The molecule has 1 N–H and O–H groups in total. The van der Waals surface area contributed by atoms with E-state index in [0.717, 1.165) is 22.5 Å². The van der Waals surface area contributed by atoms with Gasteiger partial charge in [-0.25, -0.2) is 4.98 Å². The summed E-state index contributed by atoms with van der Waals surface area (Å²) in [5, 5.41) is 11.4. The molecule has 1 saturated heterocycles. The highest BCUT2D eigenvalue weighted by Gasteiger charge is 2.35. The fraction of sp³-hybridized carbons (Fsp3) is 0.231. The lowest BCUT2D eigenvalue weighted by Crippen LogP contribution is -2.26. The van der Waals surface area contributed by atoms with Gasteiger partial charge in [0.15, 0.2) is 0 Å². The quantitative estimate of drug-likeness (QED) is 0.435. The zero-order valence-corrected chi connectivity index (χ0v) is 18.7. The van der Waals surface area contributed by atoms with Crippen molar-refractivity contribution in [3.63, 3.8) is 0 Å². The molecule has 0 aliphatic carbocycles. The van der Waals surface area contributed by atoms with Gasteiger partial charge in [0.2, 0.25) is 5.91 Å². The van der Waals surface area contributed by atoms with E-state index in [1.54, 1.807) is 24.3 Å². The van der Waals surface area contributed by atoms with Crippen LogP contribution in [0, 0.1) is 0 Å². The maximum atomic E-state index is 12.8. The number of nitrogens with zero attached hydrogens (tertiary/aromatic N) is 3. The highest BCUT2D eigenvalue weighted by molar-refractivity contribution is 6.30. The van der Waals surface area contributed by atoms with E-state index in [0.29, 0.717) is 30.3 Å². The second-order valence-electron chi connectivity index (χ2n) is 8.23. The molecular weight excluding hydrogens is 438 g/mol. The van der Waals surface area contributed by atoms with Crippen LogP contribution in [-0.4, -0.2) is 39.8 Å². The lowest BCUT2D eigenvalue weighted by molar-refractivity contribution is -0.117. The third-order valence-corrected chi connectivity index (χ3v) is 6.14. The van der Waals surface area contributed by atoms with E-state index in [1.807, 2.05) is 64.1 Å². The molecule has 0 bridgehead atoms. The number of imidazole rings is 1. The number of ether oxygens (including phenoxy) is 1. The lowest BCUT2D eigenvalue weighted by Gasteiger charge is -2.19. The van der Waals surface area contributed by atoms with Crippen molar-refractivity contribution in [1.82, 2.24) is 9.55 Å². The van der Waals surface area contributed by atoms with E-state index in [-0.39, 0.29) is 18.4 Å². The third-order valence-electron chi connectivity index (χ3n) is 5.89. The Hall–Kier alpha value is -3.35. The van der Waals surface area contributed by atoms with Gasteiger partial charge in [0, 0.05) is 29.6 Å². The maximum absolute atomic E-state index is 12.8. The highest BCUT2D eigenvalue weighted by atomic mass is 35.5. The average molecular weight is 462 g/mol. The van der Waals surface area contributed by atoms with Gasteiger partial charge in [-0.2, -0.15) is 0 Å². The molecule has 1 aromatic heterocycles. The molecule has 7 heteroatoms. The second kappa shape index (κ2) is 9.25. The summed E-state index contributed by atoms with van der Waals surface area (Å²) in [6.07, 6.45) is -0.366. The number of hydrogen-bond donors (Lipinski definition) is 1. The van der Waals surface area contributed by atoms with Crippen LogP contribution >= 0.6 is 11.6 Å². The van der Waals surface area contributed by atoms with Crippen LogP contribution in [0.25, 0.3) is 11.0 Å². The van der Waals surface area contributed by atoms with Crippen molar-refractivity contribution in [2.75, 3.05) is 18.1 Å². The van der Waals surface area contributed by atoms with Crippen LogP contribution in [0.1, 0.15) is 18.2 Å². The number of para-hydroxylation sites is 3. The Balaban J connectivity index is 1.37. The summed E-state index contributed by atoms with van der Waals surface area (Å²) < 4.78 is 7.76. The molecule has 1 amide bonds. The summed E-state index contributed by atoms with van der Waals surface area (Å²) >= 11 is 5.92. The lowest BCUT2D eigenvalue weighted by atomic mass is 10.1. The molecule has 2 heterocycles. The maximum Gasteiger partial charge on any atom is 0.227 e. The first-order chi connectivity index (χ1) is 16.1. The number of carbonyl (C=O) groups is 1. The number of amides is 1. The predicted octanol–water partition coefficient (Wildman–Crippen LogP) is 4.65. The normalized spacial score (nSPS) is 17.0. The first-order valence-corrected chi connectivity index (χ1v) is 11.3. The Morgan fingerprint density at radius 2 is 1.76 bits per heavy atom. The highest BCUT2D eigenvalue weighted by Crippen LogP contribution is 2.33. The molecule has 1 fully saturated rings. The van der Waals surface area contributed by atoms with Gasteiger partial charge in [0.05, 0.1) is 17.6 Å². The van der Waals surface area contributed by atoms with E-state index < -0.39 is 6.10 Å². The second-order valence-corrected chi connectivity index (χ2v) is 8.67. The summed E-state index contributed by atoms with van der Waals surface area (Å²) in [6, 6.07) is 24.6. The van der Waals surface area contributed by atoms with Crippen LogP contribution in [0.5, 0.6) is 5.75 Å². The number of carbonyl (C=O) groups excluding carboxylic acids is 1. The van der Waals surface area contributed by atoms with Crippen LogP contribution in [0.2, 0.25) is 5.02 Å². The molecule has 33 heavy (non-hydrogen) atoms. The summed E-state index contributed by atoms with van der Waals surface area (Å²) in [5.74, 6) is 1.48. The van der Waals surface area contributed by atoms with Crippen molar-refractivity contribution in [2.24, 2.45) is 0 Å². The minimum Gasteiger partial charge on any atom is -0.491 e. The smallest absolute Gasteiger partial charge is 0.227 e. The van der Waals surface area contributed by atoms with E-state index in [2.05, 4.69) is 0 Å². The van der Waals surface area contributed by atoms with Gasteiger partial charge in [-0.15, -0.1) is 0 Å². The number of benzene rings is 3. The fourth-order valence-corrected chi connectivity index (χ4v) is 4.45. The van der Waals surface area contributed by atoms with Gasteiger partial charge in [0.25, 0.3) is 0 Å². The van der Waals surface area contributed by atoms with Crippen molar-refractivity contribution in [1.29, 1.82) is 0 Å². The van der Waals surface area contributed by atoms with E-state index in [4.69, 9.17) is 21.3 Å². The van der Waals surface area contributed by atoms with Crippen LogP contribution in [0.3, 0.4) is 0 Å². The number of rotatable bonds is 7. The zero-order valence-electron chi connectivity index (χ0n) is 18.0. The number of halogens is 1. The summed E-state index contributed by atoms with van der Waals surface area (Å²) in [6.45, 7) is 1.01. The SMILES string of the molecule is O=C1C[C@@H](c2nc3ccccc3n2C[C@@H](O)COc2ccc(Cl)cc2)CN1c1ccccc1. The Labute approximate surface area is 197 Å². The van der Waals surface area contributed by atoms with Crippen LogP contribution < -0.4 is 9.64 Å². The number of hydrogen-bond acceptors (Lipinski definition) is 4. The van der Waals surface area contributed by atoms with E-state index in [9.17, 15) is 9.90 Å². The third kappa shape index (κ3) is 4.58. The molecule has 0 radical (unpaired) electrons. The van der Waals surface area contributed by atoms with Crippen molar-refractivity contribution in [2.45, 2.75) is 25.0 Å². The monoisotopic (exact) mass is 461 g/mol. The van der Waals surface area contributed by atoms with Crippen molar-refractivity contribution < 1.29 is 14.6 Å². The molecule has 168 valence electrons. The topological polar surface area (TPSA) is 67.6 Å². The number of aliphatic hydroxyl groups excluding tert-OH is 1. The van der Waals surface area contributed by atoms with Gasteiger partial charge in [-0.3, -0.25) is 4.79 Å². The molecule has 0 spiro atoms. The Kier molecular flexibility index (Phi) is 6.03. The molecule has 6 nitrogen and oxygen atoms in total. The van der Waals surface area contributed by atoms with Gasteiger partial charge in [-0.05, 0) is 48.5 Å². The van der Waals surface area contributed by atoms with Crippen molar-refractivity contribution >= 4 is 34.2 Å². The zero-order chi connectivity index (χ0) is 22.8.